The summed E-state index contributed by atoms with van der Waals surface area (Å²) in [6.45, 7) is 6.97. The highest BCUT2D eigenvalue weighted by Gasteiger charge is 2.23. The monoisotopic (exact) mass is 150 g/mol. The molecule has 0 aliphatic heterocycles. The maximum atomic E-state index is 3.25. The summed E-state index contributed by atoms with van der Waals surface area (Å²) >= 11 is 0. The van der Waals surface area contributed by atoms with Gasteiger partial charge in [-0.25, -0.2) is 0 Å². The summed E-state index contributed by atoms with van der Waals surface area (Å²) in [4.78, 5) is 0. The van der Waals surface area contributed by atoms with Crippen molar-refractivity contribution in [2.24, 2.45) is 11.3 Å². The third-order valence-corrected chi connectivity index (χ3v) is 2.55. The first-order valence-electron chi connectivity index (χ1n) is 4.56. The zero-order valence-electron chi connectivity index (χ0n) is 7.91. The van der Waals surface area contributed by atoms with Gasteiger partial charge in [0.15, 0.2) is 0 Å². The minimum atomic E-state index is 0.457. The van der Waals surface area contributed by atoms with Crippen molar-refractivity contribution in [3.63, 3.8) is 0 Å². The molecule has 1 atom stereocenters. The smallest absolute Gasteiger partial charge is 0.0122 e. The first-order valence-corrected chi connectivity index (χ1v) is 4.56. The fraction of sp³-hybridized carbons (Fsp3) is 0.818. The average molecular weight is 150 g/mol. The molecule has 0 saturated carbocycles. The van der Waals surface area contributed by atoms with Crippen LogP contribution in [0.5, 0.6) is 0 Å². The lowest BCUT2D eigenvalue weighted by Gasteiger charge is -2.28. The standard InChI is InChI=1S/C11H18/c1-11(2,3)10-8-6-4-5-7-9-10/h10H,4,6,8-9H2,1-3H3. The minimum Gasteiger partial charge on any atom is -0.103 e. The third kappa shape index (κ3) is 2.58. The van der Waals surface area contributed by atoms with Crippen LogP contribution in [-0.2, 0) is 0 Å². The van der Waals surface area contributed by atoms with E-state index in [1.165, 1.54) is 12.8 Å². The SMILES string of the molecule is CC(C)(C)C1CC#CCCC1. The average Bonchev–Trinajstić information content (AvgIpc) is 2.10. The van der Waals surface area contributed by atoms with Gasteiger partial charge in [-0.2, -0.15) is 0 Å². The maximum absolute atomic E-state index is 3.25. The van der Waals surface area contributed by atoms with Gasteiger partial charge in [-0.1, -0.05) is 20.8 Å². The molecule has 1 unspecified atom stereocenters. The fourth-order valence-corrected chi connectivity index (χ4v) is 1.56. The zero-order chi connectivity index (χ0) is 8.32. The van der Waals surface area contributed by atoms with E-state index in [1.807, 2.05) is 0 Å². The highest BCUT2D eigenvalue weighted by atomic mass is 14.3. The van der Waals surface area contributed by atoms with Gasteiger partial charge in [0.2, 0.25) is 0 Å². The van der Waals surface area contributed by atoms with Crippen LogP contribution in [0, 0.1) is 23.2 Å². The molecule has 0 heterocycles. The molecule has 1 aliphatic rings. The van der Waals surface area contributed by atoms with Crippen LogP contribution in [-0.4, -0.2) is 0 Å². The lowest BCUT2D eigenvalue weighted by molar-refractivity contribution is 0.229. The van der Waals surface area contributed by atoms with E-state index in [2.05, 4.69) is 32.6 Å². The van der Waals surface area contributed by atoms with Crippen LogP contribution < -0.4 is 0 Å². The molecule has 1 rings (SSSR count). The predicted molar refractivity (Wildman–Crippen MR) is 49.2 cm³/mol. The Morgan fingerprint density at radius 1 is 1.18 bits per heavy atom. The van der Waals surface area contributed by atoms with Crippen molar-refractivity contribution in [2.45, 2.75) is 46.5 Å². The molecule has 0 saturated heterocycles. The van der Waals surface area contributed by atoms with Crippen molar-refractivity contribution in [3.05, 3.63) is 0 Å². The Labute approximate surface area is 70.4 Å². The van der Waals surface area contributed by atoms with E-state index in [1.54, 1.807) is 0 Å². The molecule has 0 nitrogen and oxygen atoms in total. The van der Waals surface area contributed by atoms with Gasteiger partial charge in [0.1, 0.15) is 0 Å². The van der Waals surface area contributed by atoms with Crippen molar-refractivity contribution in [2.75, 3.05) is 0 Å². The summed E-state index contributed by atoms with van der Waals surface area (Å²) in [7, 11) is 0. The van der Waals surface area contributed by atoms with Gasteiger partial charge in [0, 0.05) is 12.8 Å². The Balaban J connectivity index is 2.54. The molecule has 0 amide bonds. The van der Waals surface area contributed by atoms with Gasteiger partial charge >= 0.3 is 0 Å². The summed E-state index contributed by atoms with van der Waals surface area (Å²) in [5.74, 6) is 7.27. The summed E-state index contributed by atoms with van der Waals surface area (Å²) in [5, 5.41) is 0. The molecule has 0 aromatic rings. The first kappa shape index (κ1) is 8.65. The Morgan fingerprint density at radius 2 is 1.91 bits per heavy atom. The molecule has 0 aromatic heterocycles. The molecule has 0 fully saturated rings. The van der Waals surface area contributed by atoms with Crippen LogP contribution in [0.15, 0.2) is 0 Å². The van der Waals surface area contributed by atoms with Crippen LogP contribution >= 0.6 is 0 Å². The molecule has 62 valence electrons. The van der Waals surface area contributed by atoms with Crippen molar-refractivity contribution in [3.8, 4) is 11.8 Å². The van der Waals surface area contributed by atoms with Crippen molar-refractivity contribution >= 4 is 0 Å². The maximum Gasteiger partial charge on any atom is 0.0122 e. The van der Waals surface area contributed by atoms with Crippen molar-refractivity contribution in [1.82, 2.24) is 0 Å². The molecule has 0 aromatic carbocycles. The molecule has 11 heavy (non-hydrogen) atoms. The van der Waals surface area contributed by atoms with Gasteiger partial charge in [-0.15, -0.1) is 11.8 Å². The van der Waals surface area contributed by atoms with Gasteiger partial charge in [0.05, 0.1) is 0 Å². The van der Waals surface area contributed by atoms with Gasteiger partial charge in [-0.05, 0) is 24.2 Å². The molecule has 0 heteroatoms. The normalized spacial score (nSPS) is 25.2. The fourth-order valence-electron chi connectivity index (χ4n) is 1.56. The second kappa shape index (κ2) is 3.30. The molecular formula is C11H18. The summed E-state index contributed by atoms with van der Waals surface area (Å²) in [6, 6.07) is 0. The molecule has 0 N–H and O–H groups in total. The number of rotatable bonds is 0. The van der Waals surface area contributed by atoms with Gasteiger partial charge < -0.3 is 0 Å². The third-order valence-electron chi connectivity index (χ3n) is 2.55. The zero-order valence-corrected chi connectivity index (χ0v) is 7.91. The molecule has 0 spiro atoms. The van der Waals surface area contributed by atoms with E-state index >= 15 is 0 Å². The Kier molecular flexibility index (Phi) is 2.60. The van der Waals surface area contributed by atoms with E-state index < -0.39 is 0 Å². The number of hydrogen-bond acceptors (Lipinski definition) is 0. The highest BCUT2D eigenvalue weighted by Crippen LogP contribution is 2.33. The topological polar surface area (TPSA) is 0 Å². The summed E-state index contributed by atoms with van der Waals surface area (Å²) in [6.07, 6.45) is 4.88. The van der Waals surface area contributed by atoms with Crippen LogP contribution in [0.1, 0.15) is 46.5 Å². The van der Waals surface area contributed by atoms with Crippen molar-refractivity contribution < 1.29 is 0 Å². The molecule has 1 aliphatic carbocycles. The Bertz CT molecular complexity index is 172. The van der Waals surface area contributed by atoms with E-state index in [9.17, 15) is 0 Å². The Hall–Kier alpha value is -0.440. The van der Waals surface area contributed by atoms with E-state index in [0.29, 0.717) is 5.41 Å². The first-order chi connectivity index (χ1) is 5.11. The van der Waals surface area contributed by atoms with E-state index in [4.69, 9.17) is 0 Å². The van der Waals surface area contributed by atoms with Gasteiger partial charge in [0.25, 0.3) is 0 Å². The van der Waals surface area contributed by atoms with E-state index in [-0.39, 0.29) is 0 Å². The van der Waals surface area contributed by atoms with Crippen LogP contribution in [0.3, 0.4) is 0 Å². The second-order valence-electron chi connectivity index (χ2n) is 4.51. The van der Waals surface area contributed by atoms with E-state index in [0.717, 1.165) is 18.8 Å². The summed E-state index contributed by atoms with van der Waals surface area (Å²) < 4.78 is 0. The minimum absolute atomic E-state index is 0.457. The van der Waals surface area contributed by atoms with Gasteiger partial charge in [-0.3, -0.25) is 0 Å². The molecule has 0 radical (unpaired) electrons. The quantitative estimate of drug-likeness (QED) is 0.465. The van der Waals surface area contributed by atoms with Crippen LogP contribution in [0.25, 0.3) is 0 Å². The van der Waals surface area contributed by atoms with Crippen LogP contribution in [0.4, 0.5) is 0 Å². The highest BCUT2D eigenvalue weighted by molar-refractivity contribution is 5.03. The predicted octanol–water partition coefficient (Wildman–Crippen LogP) is 3.23. The van der Waals surface area contributed by atoms with Crippen molar-refractivity contribution in [1.29, 1.82) is 0 Å². The Morgan fingerprint density at radius 3 is 2.55 bits per heavy atom. The largest absolute Gasteiger partial charge is 0.103 e. The number of hydrogen-bond donors (Lipinski definition) is 0. The summed E-state index contributed by atoms with van der Waals surface area (Å²) in [5.41, 5.74) is 0.457. The lowest BCUT2D eigenvalue weighted by Crippen LogP contribution is -2.19. The lowest BCUT2D eigenvalue weighted by atomic mass is 9.77. The molecular weight excluding hydrogens is 132 g/mol. The second-order valence-corrected chi connectivity index (χ2v) is 4.51. The van der Waals surface area contributed by atoms with Crippen LogP contribution in [0.2, 0.25) is 0 Å². The molecule has 0 bridgehead atoms.